The van der Waals surface area contributed by atoms with Gasteiger partial charge in [-0.05, 0) is 37.9 Å². The highest BCUT2D eigenvalue weighted by Gasteiger charge is 2.32. The lowest BCUT2D eigenvalue weighted by Gasteiger charge is -2.32. The third kappa shape index (κ3) is 4.90. The Morgan fingerprint density at radius 2 is 2.00 bits per heavy atom. The van der Waals surface area contributed by atoms with Crippen LogP contribution in [0.25, 0.3) is 5.82 Å². The molecule has 160 valence electrons. The summed E-state index contributed by atoms with van der Waals surface area (Å²) >= 11 is 0. The van der Waals surface area contributed by atoms with Crippen LogP contribution in [0.1, 0.15) is 54.2 Å². The summed E-state index contributed by atoms with van der Waals surface area (Å²) in [6.07, 6.45) is -0.241. The molecule has 1 aliphatic rings. The van der Waals surface area contributed by atoms with E-state index >= 15 is 0 Å². The summed E-state index contributed by atoms with van der Waals surface area (Å²) in [6.45, 7) is 5.14. The van der Waals surface area contributed by atoms with Crippen molar-refractivity contribution >= 4 is 18.3 Å². The van der Waals surface area contributed by atoms with Crippen molar-refractivity contribution in [2.75, 3.05) is 20.1 Å². The lowest BCUT2D eigenvalue weighted by atomic mass is 10.0. The van der Waals surface area contributed by atoms with Crippen molar-refractivity contribution in [3.05, 3.63) is 41.3 Å². The second kappa shape index (κ2) is 9.13. The van der Waals surface area contributed by atoms with Crippen molar-refractivity contribution in [1.82, 2.24) is 25.0 Å². The predicted molar refractivity (Wildman–Crippen MR) is 106 cm³/mol. The Morgan fingerprint density at radius 1 is 1.28 bits per heavy atom. The molecule has 0 saturated carbocycles. The van der Waals surface area contributed by atoms with E-state index in [0.29, 0.717) is 24.3 Å². The van der Waals surface area contributed by atoms with Crippen LogP contribution in [-0.2, 0) is 6.18 Å². The number of likely N-dealkylation sites (N-methyl/N-ethyl adjacent to an activating group) is 1. The lowest BCUT2D eigenvalue weighted by molar-refractivity contribution is -0.137. The molecule has 10 heteroatoms. The number of halogens is 4. The largest absolute Gasteiger partial charge is 0.417 e. The maximum Gasteiger partial charge on any atom is 0.417 e. The molecule has 0 aliphatic carbocycles. The van der Waals surface area contributed by atoms with Gasteiger partial charge in [0.05, 0.1) is 23.0 Å². The van der Waals surface area contributed by atoms with Crippen molar-refractivity contribution in [3.63, 3.8) is 0 Å². The van der Waals surface area contributed by atoms with Crippen molar-refractivity contribution < 1.29 is 18.0 Å². The molecule has 1 N–H and O–H groups in total. The number of carbonyl (C=O) groups excluding carboxylic acids is 1. The summed E-state index contributed by atoms with van der Waals surface area (Å²) in [5.74, 6) is 0.0831. The van der Waals surface area contributed by atoms with Crippen LogP contribution in [0.3, 0.4) is 0 Å². The fourth-order valence-corrected chi connectivity index (χ4v) is 3.51. The fraction of sp³-hybridized carbons (Fsp3) is 0.526. The monoisotopic (exact) mass is 431 g/mol. The van der Waals surface area contributed by atoms with Gasteiger partial charge in [-0.3, -0.25) is 4.79 Å². The summed E-state index contributed by atoms with van der Waals surface area (Å²) in [5, 5.41) is 7.47. The first-order valence-corrected chi connectivity index (χ1v) is 9.30. The summed E-state index contributed by atoms with van der Waals surface area (Å²) in [6, 6.07) is 2.50. The molecule has 3 heterocycles. The number of pyridine rings is 1. The molecule has 1 amide bonds. The van der Waals surface area contributed by atoms with Crippen LogP contribution in [0, 0.1) is 0 Å². The second-order valence-corrected chi connectivity index (χ2v) is 7.29. The Kier molecular flexibility index (Phi) is 7.29. The van der Waals surface area contributed by atoms with E-state index in [9.17, 15) is 18.0 Å². The van der Waals surface area contributed by atoms with Gasteiger partial charge in [-0.1, -0.05) is 13.8 Å². The number of nitrogens with zero attached hydrogens (tertiary/aromatic N) is 4. The Hall–Kier alpha value is -2.13. The van der Waals surface area contributed by atoms with Gasteiger partial charge in [0.15, 0.2) is 5.82 Å². The van der Waals surface area contributed by atoms with E-state index in [1.54, 1.807) is 4.90 Å². The highest BCUT2D eigenvalue weighted by atomic mass is 35.5. The van der Waals surface area contributed by atoms with Gasteiger partial charge in [0.2, 0.25) is 0 Å². The minimum atomic E-state index is -4.45. The van der Waals surface area contributed by atoms with Crippen molar-refractivity contribution in [2.24, 2.45) is 0 Å². The van der Waals surface area contributed by atoms with E-state index in [2.05, 4.69) is 15.4 Å². The molecule has 1 saturated heterocycles. The van der Waals surface area contributed by atoms with Gasteiger partial charge < -0.3 is 10.2 Å². The molecule has 2 aromatic rings. The van der Waals surface area contributed by atoms with Gasteiger partial charge in [0.25, 0.3) is 5.91 Å². The van der Waals surface area contributed by atoms with Gasteiger partial charge in [0.1, 0.15) is 0 Å². The van der Waals surface area contributed by atoms with E-state index in [4.69, 9.17) is 0 Å². The van der Waals surface area contributed by atoms with E-state index in [-0.39, 0.29) is 36.1 Å². The number of nitrogens with one attached hydrogen (secondary N) is 1. The average Bonchev–Trinajstić information content (AvgIpc) is 3.12. The minimum absolute atomic E-state index is 0. The molecule has 0 bridgehead atoms. The van der Waals surface area contributed by atoms with E-state index in [0.717, 1.165) is 25.1 Å². The van der Waals surface area contributed by atoms with Crippen LogP contribution in [0.5, 0.6) is 0 Å². The van der Waals surface area contributed by atoms with Gasteiger partial charge in [-0.2, -0.15) is 18.3 Å². The Bertz CT molecular complexity index is 835. The van der Waals surface area contributed by atoms with E-state index in [1.165, 1.54) is 16.9 Å². The van der Waals surface area contributed by atoms with Crippen LogP contribution in [0.2, 0.25) is 0 Å². The zero-order valence-corrected chi connectivity index (χ0v) is 17.3. The first-order valence-electron chi connectivity index (χ1n) is 9.30. The number of likely N-dealkylation sites (tertiary alicyclic amines) is 1. The smallest absolute Gasteiger partial charge is 0.337 e. The highest BCUT2D eigenvalue weighted by molar-refractivity contribution is 5.95. The van der Waals surface area contributed by atoms with Crippen LogP contribution < -0.4 is 5.32 Å². The van der Waals surface area contributed by atoms with Crippen molar-refractivity contribution in [2.45, 2.75) is 44.8 Å². The number of piperidine rings is 1. The van der Waals surface area contributed by atoms with Crippen LogP contribution in [-0.4, -0.2) is 51.8 Å². The van der Waals surface area contributed by atoms with Crippen LogP contribution in [0.15, 0.2) is 24.5 Å². The maximum atomic E-state index is 13.1. The van der Waals surface area contributed by atoms with Crippen molar-refractivity contribution in [3.8, 4) is 5.82 Å². The molecule has 1 fully saturated rings. The number of amides is 1. The molecule has 0 radical (unpaired) electrons. The van der Waals surface area contributed by atoms with Gasteiger partial charge >= 0.3 is 6.18 Å². The summed E-state index contributed by atoms with van der Waals surface area (Å²) in [4.78, 5) is 18.8. The zero-order valence-electron chi connectivity index (χ0n) is 16.5. The molecule has 1 aliphatic heterocycles. The highest BCUT2D eigenvalue weighted by Crippen LogP contribution is 2.30. The maximum absolute atomic E-state index is 13.1. The van der Waals surface area contributed by atoms with Gasteiger partial charge in [0, 0.05) is 25.3 Å². The SMILES string of the molecule is CNC1CCCN(C(=O)c2cnn(-c3ccc(C(F)(F)F)cn3)c2C(C)C)C1.Cl. The van der Waals surface area contributed by atoms with Crippen LogP contribution >= 0.6 is 12.4 Å². The summed E-state index contributed by atoms with van der Waals surface area (Å²) in [7, 11) is 1.88. The predicted octanol–water partition coefficient (Wildman–Crippen LogP) is 3.66. The van der Waals surface area contributed by atoms with E-state index in [1.807, 2.05) is 20.9 Å². The second-order valence-electron chi connectivity index (χ2n) is 7.29. The lowest BCUT2D eigenvalue weighted by Crippen LogP contribution is -2.47. The topological polar surface area (TPSA) is 63.1 Å². The number of aromatic nitrogens is 3. The average molecular weight is 432 g/mol. The Morgan fingerprint density at radius 3 is 2.55 bits per heavy atom. The number of alkyl halides is 3. The number of rotatable bonds is 4. The molecule has 6 nitrogen and oxygen atoms in total. The molecule has 3 rings (SSSR count). The Balaban J connectivity index is 0.00000300. The molecule has 0 spiro atoms. The van der Waals surface area contributed by atoms with Crippen molar-refractivity contribution in [1.29, 1.82) is 0 Å². The third-order valence-electron chi connectivity index (χ3n) is 4.99. The van der Waals surface area contributed by atoms with Crippen LogP contribution in [0.4, 0.5) is 13.2 Å². The first-order chi connectivity index (χ1) is 13.2. The summed E-state index contributed by atoms with van der Waals surface area (Å²) < 4.78 is 39.8. The standard InChI is InChI=1S/C19H24F3N5O.ClH/c1-12(2)17-15(18(28)26-8-4-5-14(11-26)23-3)10-25-27(17)16-7-6-13(9-24-16)19(20,21)22;/h6-7,9-10,12,14,23H,4-5,8,11H2,1-3H3;1H. The quantitative estimate of drug-likeness (QED) is 0.802. The fourth-order valence-electron chi connectivity index (χ4n) is 3.51. The normalized spacial score (nSPS) is 17.3. The first kappa shape index (κ1) is 23.2. The van der Waals surface area contributed by atoms with Gasteiger partial charge in [-0.25, -0.2) is 9.67 Å². The number of hydrogen-bond donors (Lipinski definition) is 1. The minimum Gasteiger partial charge on any atom is -0.337 e. The number of hydrogen-bond acceptors (Lipinski definition) is 4. The van der Waals surface area contributed by atoms with E-state index < -0.39 is 11.7 Å². The molecule has 1 atom stereocenters. The number of carbonyl (C=O) groups is 1. The molecule has 2 aromatic heterocycles. The Labute approximate surface area is 173 Å². The molecule has 1 unspecified atom stereocenters. The summed E-state index contributed by atoms with van der Waals surface area (Å²) in [5.41, 5.74) is 0.287. The molecular formula is C19H25ClF3N5O. The third-order valence-corrected chi connectivity index (χ3v) is 4.99. The zero-order chi connectivity index (χ0) is 20.5. The molecular weight excluding hydrogens is 407 g/mol. The molecule has 29 heavy (non-hydrogen) atoms. The van der Waals surface area contributed by atoms with Gasteiger partial charge in [-0.15, -0.1) is 12.4 Å². The molecule has 0 aromatic carbocycles.